The molecule has 4 nitrogen and oxygen atoms in total. The summed E-state index contributed by atoms with van der Waals surface area (Å²) >= 11 is 3.35. The lowest BCUT2D eigenvalue weighted by molar-refractivity contribution is -0.735. The van der Waals surface area contributed by atoms with E-state index in [2.05, 4.69) is 21.0 Å². The van der Waals surface area contributed by atoms with Gasteiger partial charge in [0.1, 0.15) is 4.83 Å². The molecule has 0 saturated carbocycles. The van der Waals surface area contributed by atoms with Gasteiger partial charge in [0.15, 0.2) is 13.7 Å². The Balaban J connectivity index is 1.95. The quantitative estimate of drug-likeness (QED) is 0.533. The second kappa shape index (κ2) is 5.82. The molecule has 1 aromatic carbocycles. The highest BCUT2D eigenvalue weighted by molar-refractivity contribution is 9.09. The van der Waals surface area contributed by atoms with Crippen LogP contribution in [0.1, 0.15) is 16.1 Å². The highest BCUT2D eigenvalue weighted by atomic mass is 79.9. The van der Waals surface area contributed by atoms with Crippen molar-refractivity contribution in [1.82, 2.24) is 5.10 Å². The number of ether oxygens (including phenoxy) is 1. The highest BCUT2D eigenvalue weighted by Crippen LogP contribution is 2.23. The number of carbonyl (C=O) groups is 1. The van der Waals surface area contributed by atoms with Gasteiger partial charge in [-0.2, -0.15) is 5.10 Å². The van der Waals surface area contributed by atoms with Gasteiger partial charge in [0.2, 0.25) is 5.69 Å². The molecule has 1 heterocycles. The predicted molar refractivity (Wildman–Crippen MR) is 69.9 cm³/mol. The van der Waals surface area contributed by atoms with E-state index in [0.29, 0.717) is 0 Å². The first-order valence-corrected chi connectivity index (χ1v) is 6.48. The van der Waals surface area contributed by atoms with Gasteiger partial charge in [0.05, 0.1) is 6.20 Å². The number of nitrogens with zero attached hydrogens (tertiary/aromatic N) is 1. The van der Waals surface area contributed by atoms with Crippen molar-refractivity contribution in [2.75, 3.05) is 0 Å². The van der Waals surface area contributed by atoms with Crippen molar-refractivity contribution in [3.8, 4) is 0 Å². The van der Waals surface area contributed by atoms with Crippen LogP contribution in [0.4, 0.5) is 0 Å². The first kappa shape index (κ1) is 12.8. The summed E-state index contributed by atoms with van der Waals surface area (Å²) in [5, 5.41) is 2.97. The van der Waals surface area contributed by atoms with E-state index >= 15 is 0 Å². The molecule has 0 bridgehead atoms. The smallest absolute Gasteiger partial charge is 0.324 e. The molecule has 94 valence electrons. The van der Waals surface area contributed by atoms with Crippen molar-refractivity contribution in [3.63, 3.8) is 0 Å². The molecule has 0 aliphatic heterocycles. The second-order valence-electron chi connectivity index (χ2n) is 3.89. The fourth-order valence-electron chi connectivity index (χ4n) is 1.56. The van der Waals surface area contributed by atoms with E-state index in [1.54, 1.807) is 10.9 Å². The number of hydrogen-bond donors (Lipinski definition) is 1. The molecule has 5 heteroatoms. The van der Waals surface area contributed by atoms with E-state index < -0.39 is 4.83 Å². The molecule has 1 aromatic heterocycles. The third-order valence-corrected chi connectivity index (χ3v) is 3.54. The zero-order chi connectivity index (χ0) is 13.0. The van der Waals surface area contributed by atoms with Gasteiger partial charge in [-0.05, 0) is 5.56 Å². The number of rotatable bonds is 4. The van der Waals surface area contributed by atoms with Gasteiger partial charge in [-0.3, -0.25) is 4.79 Å². The fourth-order valence-corrected chi connectivity index (χ4v) is 2.00. The number of aromatic amines is 1. The van der Waals surface area contributed by atoms with Crippen molar-refractivity contribution < 1.29 is 14.2 Å². The Morgan fingerprint density at radius 3 is 2.72 bits per heavy atom. The SMILES string of the molecule is C[n+]1[nH]ccc1COC(=O)C(Br)c1ccccc1. The summed E-state index contributed by atoms with van der Waals surface area (Å²) in [6.07, 6.45) is 1.80. The van der Waals surface area contributed by atoms with Crippen molar-refractivity contribution >= 4 is 21.9 Å². The van der Waals surface area contributed by atoms with Crippen LogP contribution < -0.4 is 4.68 Å². The van der Waals surface area contributed by atoms with E-state index in [9.17, 15) is 4.79 Å². The molecule has 1 unspecified atom stereocenters. The van der Waals surface area contributed by atoms with Gasteiger partial charge < -0.3 is 4.74 Å². The van der Waals surface area contributed by atoms with Crippen LogP contribution in [0.5, 0.6) is 0 Å². The summed E-state index contributed by atoms with van der Waals surface area (Å²) in [4.78, 5) is 11.4. The summed E-state index contributed by atoms with van der Waals surface area (Å²) in [6, 6.07) is 11.3. The molecule has 1 N–H and O–H groups in total. The number of aromatic nitrogens is 2. The monoisotopic (exact) mass is 309 g/mol. The van der Waals surface area contributed by atoms with E-state index in [0.717, 1.165) is 11.3 Å². The zero-order valence-corrected chi connectivity index (χ0v) is 11.6. The Labute approximate surface area is 114 Å². The Hall–Kier alpha value is -1.62. The molecule has 18 heavy (non-hydrogen) atoms. The number of aryl methyl sites for hydroxylation is 1. The van der Waals surface area contributed by atoms with Crippen LogP contribution in [-0.2, 0) is 23.2 Å². The minimum atomic E-state index is -0.428. The van der Waals surface area contributed by atoms with E-state index in [4.69, 9.17) is 4.74 Å². The standard InChI is InChI=1S/C13H13BrN2O2/c1-16-11(7-8-15-16)9-18-13(17)12(14)10-5-3-2-4-6-10/h2-8,12H,9H2,1H3/p+1. The number of carbonyl (C=O) groups excluding carboxylic acids is 1. The zero-order valence-electron chi connectivity index (χ0n) is 9.97. The molecule has 2 aromatic rings. The van der Waals surface area contributed by atoms with Crippen LogP contribution in [0.25, 0.3) is 0 Å². The predicted octanol–water partition coefficient (Wildman–Crippen LogP) is 2.02. The summed E-state index contributed by atoms with van der Waals surface area (Å²) in [6.45, 7) is 0.258. The Morgan fingerprint density at radius 2 is 2.11 bits per heavy atom. The first-order valence-electron chi connectivity index (χ1n) is 5.56. The largest absolute Gasteiger partial charge is 0.453 e. The number of halogens is 1. The molecule has 0 amide bonds. The number of hydrogen-bond acceptors (Lipinski definition) is 2. The number of alkyl halides is 1. The van der Waals surface area contributed by atoms with Crippen LogP contribution in [0.3, 0.4) is 0 Å². The number of nitrogens with one attached hydrogen (secondary N) is 1. The van der Waals surface area contributed by atoms with Crippen molar-refractivity contribution in [2.45, 2.75) is 11.4 Å². The summed E-state index contributed by atoms with van der Waals surface area (Å²) in [7, 11) is 1.87. The number of esters is 1. The second-order valence-corrected chi connectivity index (χ2v) is 4.81. The number of H-pyrrole nitrogens is 1. The normalized spacial score (nSPS) is 12.1. The molecular formula is C13H14BrN2O2+. The Morgan fingerprint density at radius 1 is 1.39 bits per heavy atom. The Kier molecular flexibility index (Phi) is 4.15. The molecule has 0 fully saturated rings. The maximum absolute atomic E-state index is 11.9. The van der Waals surface area contributed by atoms with E-state index in [1.807, 2.05) is 43.4 Å². The van der Waals surface area contributed by atoms with Gasteiger partial charge in [0.25, 0.3) is 0 Å². The van der Waals surface area contributed by atoms with Gasteiger partial charge in [-0.1, -0.05) is 46.3 Å². The molecule has 2 rings (SSSR count). The van der Waals surface area contributed by atoms with Crippen LogP contribution in [0.2, 0.25) is 0 Å². The van der Waals surface area contributed by atoms with Crippen LogP contribution >= 0.6 is 15.9 Å². The molecule has 1 atom stereocenters. The summed E-state index contributed by atoms with van der Waals surface area (Å²) < 4.78 is 7.06. The molecular weight excluding hydrogens is 296 g/mol. The third kappa shape index (κ3) is 2.98. The lowest BCUT2D eigenvalue weighted by Gasteiger charge is -2.08. The lowest BCUT2D eigenvalue weighted by Crippen LogP contribution is -2.34. The minimum Gasteiger partial charge on any atom is -0.453 e. The number of benzene rings is 1. The van der Waals surface area contributed by atoms with Crippen molar-refractivity contribution in [3.05, 3.63) is 53.9 Å². The van der Waals surface area contributed by atoms with Gasteiger partial charge in [-0.25, -0.2) is 0 Å². The van der Waals surface area contributed by atoms with Gasteiger partial charge in [0, 0.05) is 6.07 Å². The van der Waals surface area contributed by atoms with Crippen molar-refractivity contribution in [2.24, 2.45) is 7.05 Å². The maximum atomic E-state index is 11.9. The van der Waals surface area contributed by atoms with Crippen LogP contribution in [0, 0.1) is 0 Å². The summed E-state index contributed by atoms with van der Waals surface area (Å²) in [5.41, 5.74) is 1.80. The maximum Gasteiger partial charge on any atom is 0.324 e. The first-order chi connectivity index (χ1) is 8.68. The molecule has 0 spiro atoms. The minimum absolute atomic E-state index is 0.258. The highest BCUT2D eigenvalue weighted by Gasteiger charge is 2.20. The van der Waals surface area contributed by atoms with E-state index in [1.165, 1.54) is 0 Å². The third-order valence-electron chi connectivity index (χ3n) is 2.64. The van der Waals surface area contributed by atoms with Crippen LogP contribution in [0.15, 0.2) is 42.6 Å². The van der Waals surface area contributed by atoms with Crippen molar-refractivity contribution in [1.29, 1.82) is 0 Å². The van der Waals surface area contributed by atoms with E-state index in [-0.39, 0.29) is 12.6 Å². The Bertz CT molecular complexity index is 525. The topological polar surface area (TPSA) is 46.0 Å². The molecule has 0 aliphatic carbocycles. The van der Waals surface area contributed by atoms with Crippen LogP contribution in [-0.4, -0.2) is 11.1 Å². The van der Waals surface area contributed by atoms with Gasteiger partial charge in [-0.15, -0.1) is 4.68 Å². The average Bonchev–Trinajstić information content (AvgIpc) is 2.81. The molecule has 0 aliphatic rings. The van der Waals surface area contributed by atoms with Gasteiger partial charge >= 0.3 is 5.97 Å². The summed E-state index contributed by atoms with van der Waals surface area (Å²) in [5.74, 6) is -0.289. The molecule has 0 saturated heterocycles. The molecule has 0 radical (unpaired) electrons. The fraction of sp³-hybridized carbons (Fsp3) is 0.231. The lowest BCUT2D eigenvalue weighted by atomic mass is 10.1. The average molecular weight is 310 g/mol.